The predicted octanol–water partition coefficient (Wildman–Crippen LogP) is 1.57. The quantitative estimate of drug-likeness (QED) is 0.917. The summed E-state index contributed by atoms with van der Waals surface area (Å²) in [5.41, 5.74) is 0.271. The van der Waals surface area contributed by atoms with Gasteiger partial charge in [-0.05, 0) is 18.1 Å². The maximum absolute atomic E-state index is 11.7. The summed E-state index contributed by atoms with van der Waals surface area (Å²) < 4.78 is 1.58. The number of hydrogen-bond acceptors (Lipinski definition) is 3. The fourth-order valence-electron chi connectivity index (χ4n) is 2.83. The van der Waals surface area contributed by atoms with E-state index in [9.17, 15) is 9.90 Å². The molecule has 1 N–H and O–H groups in total. The van der Waals surface area contributed by atoms with E-state index in [0.717, 1.165) is 13.1 Å². The van der Waals surface area contributed by atoms with E-state index in [4.69, 9.17) is 0 Å². The third-order valence-corrected chi connectivity index (χ3v) is 3.92. The monoisotopic (exact) mass is 271 g/mol. The Kier molecular flexibility index (Phi) is 3.28. The number of likely N-dealkylation sites (tertiary alicyclic amines) is 1. The highest BCUT2D eigenvalue weighted by atomic mass is 16.4. The average Bonchev–Trinajstić information content (AvgIpc) is 3.09. The number of rotatable bonds is 4. The Hall–Kier alpha value is -2.14. The number of nitrogens with zero attached hydrogens (tertiary/aromatic N) is 3. The molecule has 1 saturated heterocycles. The summed E-state index contributed by atoms with van der Waals surface area (Å²) in [4.78, 5) is 13.9. The molecular formula is C15H17N3O2. The topological polar surface area (TPSA) is 58.4 Å². The molecule has 1 aromatic carbocycles. The van der Waals surface area contributed by atoms with Crippen molar-refractivity contribution < 1.29 is 9.90 Å². The Morgan fingerprint density at radius 2 is 2.10 bits per heavy atom. The number of carboxylic acid groups (broad SMARTS) is 1. The molecule has 1 fully saturated rings. The van der Waals surface area contributed by atoms with Gasteiger partial charge in [0.05, 0.1) is 0 Å². The van der Waals surface area contributed by atoms with Gasteiger partial charge in [0.1, 0.15) is 0 Å². The first-order valence-electron chi connectivity index (χ1n) is 6.70. The molecular weight excluding hydrogens is 254 g/mol. The van der Waals surface area contributed by atoms with Crippen LogP contribution in [0.4, 0.5) is 0 Å². The standard InChI is InChI=1S/C15H17N3O2/c19-14(20)15(18-9-4-8-16-18)7-10-17(12-15)11-13-5-2-1-3-6-13/h1-6,8-9H,7,10-12H2,(H,19,20). The molecule has 1 unspecified atom stereocenters. The molecule has 0 saturated carbocycles. The third kappa shape index (κ3) is 2.20. The molecule has 104 valence electrons. The summed E-state index contributed by atoms with van der Waals surface area (Å²) in [6.45, 7) is 2.02. The zero-order valence-corrected chi connectivity index (χ0v) is 11.1. The fraction of sp³-hybridized carbons (Fsp3) is 0.333. The first-order valence-corrected chi connectivity index (χ1v) is 6.70. The molecule has 5 heteroatoms. The van der Waals surface area contributed by atoms with Gasteiger partial charge in [0.15, 0.2) is 5.54 Å². The van der Waals surface area contributed by atoms with Crippen molar-refractivity contribution in [3.63, 3.8) is 0 Å². The van der Waals surface area contributed by atoms with E-state index in [0.29, 0.717) is 13.0 Å². The summed E-state index contributed by atoms with van der Waals surface area (Å²) in [7, 11) is 0. The van der Waals surface area contributed by atoms with E-state index in [1.165, 1.54) is 5.56 Å². The molecule has 0 aliphatic carbocycles. The van der Waals surface area contributed by atoms with E-state index < -0.39 is 11.5 Å². The van der Waals surface area contributed by atoms with Crippen LogP contribution in [0.2, 0.25) is 0 Å². The number of hydrogen-bond donors (Lipinski definition) is 1. The van der Waals surface area contributed by atoms with Gasteiger partial charge in [0.25, 0.3) is 0 Å². The molecule has 20 heavy (non-hydrogen) atoms. The minimum absolute atomic E-state index is 0.485. The molecule has 0 amide bonds. The van der Waals surface area contributed by atoms with Crippen LogP contribution in [0.5, 0.6) is 0 Å². The summed E-state index contributed by atoms with van der Waals surface area (Å²) in [5, 5.41) is 13.8. The lowest BCUT2D eigenvalue weighted by Crippen LogP contribution is -2.44. The van der Waals surface area contributed by atoms with Crippen molar-refractivity contribution in [2.75, 3.05) is 13.1 Å². The zero-order chi connectivity index (χ0) is 14.0. The molecule has 2 heterocycles. The van der Waals surface area contributed by atoms with Crippen molar-refractivity contribution in [2.45, 2.75) is 18.5 Å². The average molecular weight is 271 g/mol. The summed E-state index contributed by atoms with van der Waals surface area (Å²) in [5.74, 6) is -0.809. The van der Waals surface area contributed by atoms with Crippen LogP contribution in [0.3, 0.4) is 0 Å². The van der Waals surface area contributed by atoms with Crippen LogP contribution in [0.1, 0.15) is 12.0 Å². The minimum Gasteiger partial charge on any atom is -0.479 e. The Morgan fingerprint density at radius 1 is 1.30 bits per heavy atom. The molecule has 0 bridgehead atoms. The molecule has 1 aliphatic rings. The molecule has 1 atom stereocenters. The smallest absolute Gasteiger partial charge is 0.333 e. The highest BCUT2D eigenvalue weighted by Gasteiger charge is 2.47. The summed E-state index contributed by atoms with van der Waals surface area (Å²) in [6, 6.07) is 11.9. The van der Waals surface area contributed by atoms with Crippen LogP contribution in [0.25, 0.3) is 0 Å². The lowest BCUT2D eigenvalue weighted by Gasteiger charge is -2.25. The second-order valence-electron chi connectivity index (χ2n) is 5.23. The van der Waals surface area contributed by atoms with E-state index in [-0.39, 0.29) is 0 Å². The molecule has 0 radical (unpaired) electrons. The molecule has 2 aromatic rings. The highest BCUT2D eigenvalue weighted by Crippen LogP contribution is 2.30. The Labute approximate surface area is 117 Å². The van der Waals surface area contributed by atoms with Crippen molar-refractivity contribution >= 4 is 5.97 Å². The van der Waals surface area contributed by atoms with Gasteiger partial charge in [-0.1, -0.05) is 30.3 Å². The zero-order valence-electron chi connectivity index (χ0n) is 11.1. The number of carboxylic acids is 1. The fourth-order valence-corrected chi connectivity index (χ4v) is 2.83. The summed E-state index contributed by atoms with van der Waals surface area (Å²) in [6.07, 6.45) is 3.95. The molecule has 3 rings (SSSR count). The number of carbonyl (C=O) groups is 1. The van der Waals surface area contributed by atoms with E-state index >= 15 is 0 Å². The maximum atomic E-state index is 11.7. The molecule has 1 aromatic heterocycles. The van der Waals surface area contributed by atoms with E-state index in [1.807, 2.05) is 18.2 Å². The SMILES string of the molecule is O=C(O)C1(n2cccn2)CCN(Cc2ccccc2)C1. The van der Waals surface area contributed by atoms with Crippen molar-refractivity contribution in [1.29, 1.82) is 0 Å². The van der Waals surface area contributed by atoms with Crippen LogP contribution in [-0.2, 0) is 16.9 Å². The Bertz CT molecular complexity index is 582. The predicted molar refractivity (Wildman–Crippen MR) is 74.2 cm³/mol. The van der Waals surface area contributed by atoms with Gasteiger partial charge in [-0.25, -0.2) is 4.79 Å². The van der Waals surface area contributed by atoms with Gasteiger partial charge in [-0.3, -0.25) is 9.58 Å². The van der Waals surface area contributed by atoms with Crippen LogP contribution in [0.15, 0.2) is 48.8 Å². The Balaban J connectivity index is 1.79. The largest absolute Gasteiger partial charge is 0.479 e. The summed E-state index contributed by atoms with van der Waals surface area (Å²) >= 11 is 0. The van der Waals surface area contributed by atoms with Gasteiger partial charge in [-0.2, -0.15) is 5.10 Å². The van der Waals surface area contributed by atoms with Crippen molar-refractivity contribution in [3.05, 3.63) is 54.4 Å². The van der Waals surface area contributed by atoms with E-state index in [2.05, 4.69) is 22.1 Å². The molecule has 5 nitrogen and oxygen atoms in total. The highest BCUT2D eigenvalue weighted by molar-refractivity contribution is 5.77. The second-order valence-corrected chi connectivity index (χ2v) is 5.23. The van der Waals surface area contributed by atoms with Crippen LogP contribution >= 0.6 is 0 Å². The molecule has 0 spiro atoms. The lowest BCUT2D eigenvalue weighted by molar-refractivity contribution is -0.147. The van der Waals surface area contributed by atoms with Gasteiger partial charge in [0, 0.05) is 32.0 Å². The number of benzene rings is 1. The maximum Gasteiger partial charge on any atom is 0.333 e. The third-order valence-electron chi connectivity index (χ3n) is 3.92. The lowest BCUT2D eigenvalue weighted by atomic mass is 9.99. The van der Waals surface area contributed by atoms with Crippen molar-refractivity contribution in [2.24, 2.45) is 0 Å². The van der Waals surface area contributed by atoms with Crippen LogP contribution < -0.4 is 0 Å². The van der Waals surface area contributed by atoms with Crippen molar-refractivity contribution in [3.8, 4) is 0 Å². The van der Waals surface area contributed by atoms with Crippen LogP contribution in [-0.4, -0.2) is 38.8 Å². The number of aromatic nitrogens is 2. The van der Waals surface area contributed by atoms with Crippen molar-refractivity contribution in [1.82, 2.24) is 14.7 Å². The minimum atomic E-state index is -0.932. The first-order chi connectivity index (χ1) is 9.71. The van der Waals surface area contributed by atoms with E-state index in [1.54, 1.807) is 23.1 Å². The van der Waals surface area contributed by atoms with Gasteiger partial charge in [-0.15, -0.1) is 0 Å². The van der Waals surface area contributed by atoms with Crippen LogP contribution in [0, 0.1) is 0 Å². The molecule has 1 aliphatic heterocycles. The van der Waals surface area contributed by atoms with Gasteiger partial charge >= 0.3 is 5.97 Å². The second kappa shape index (κ2) is 5.09. The number of aliphatic carboxylic acids is 1. The Morgan fingerprint density at radius 3 is 2.75 bits per heavy atom. The van der Waals surface area contributed by atoms with Gasteiger partial charge < -0.3 is 5.11 Å². The van der Waals surface area contributed by atoms with Gasteiger partial charge in [0.2, 0.25) is 0 Å². The normalized spacial score (nSPS) is 23.0. The first kappa shape index (κ1) is 12.9.